The van der Waals surface area contributed by atoms with Crippen molar-refractivity contribution in [2.24, 2.45) is 4.99 Å². The number of imidazole rings is 1. The van der Waals surface area contributed by atoms with Gasteiger partial charge in [-0.05, 0) is 24.1 Å². The second kappa shape index (κ2) is 10.3. The van der Waals surface area contributed by atoms with Gasteiger partial charge in [-0.2, -0.15) is 0 Å². The number of nitrogens with one attached hydrogen (secondary N) is 2. The zero-order valence-electron chi connectivity index (χ0n) is 18.1. The van der Waals surface area contributed by atoms with Crippen molar-refractivity contribution in [1.29, 1.82) is 0 Å². The number of guanidine groups is 1. The Morgan fingerprint density at radius 2 is 1.77 bits per heavy atom. The van der Waals surface area contributed by atoms with Crippen LogP contribution in [0.4, 0.5) is 0 Å². The lowest BCUT2D eigenvalue weighted by Gasteiger charge is -2.26. The van der Waals surface area contributed by atoms with Crippen molar-refractivity contribution < 1.29 is 8.42 Å². The van der Waals surface area contributed by atoms with Crippen LogP contribution in [0.15, 0.2) is 76.7 Å². The molecule has 31 heavy (non-hydrogen) atoms. The number of benzene rings is 2. The van der Waals surface area contributed by atoms with Gasteiger partial charge in [0.2, 0.25) is 0 Å². The molecule has 0 aliphatic heterocycles. The van der Waals surface area contributed by atoms with Gasteiger partial charge < -0.3 is 15.2 Å². The van der Waals surface area contributed by atoms with Crippen LogP contribution < -0.4 is 5.32 Å². The Hall–Kier alpha value is -3.13. The third kappa shape index (κ3) is 5.95. The summed E-state index contributed by atoms with van der Waals surface area (Å²) in [6, 6.07) is 18.3. The number of sulfone groups is 1. The average Bonchev–Trinajstić information content (AvgIpc) is 3.26. The molecule has 2 aromatic carbocycles. The molecule has 1 aromatic heterocycles. The SMILES string of the molecule is CCC(CS(=O)(=O)c1ccccc1)NC(=NC)N(C)Cc1ncc(-c2ccccc2)[nH]1. The van der Waals surface area contributed by atoms with E-state index in [1.807, 2.05) is 61.5 Å². The van der Waals surface area contributed by atoms with E-state index in [9.17, 15) is 8.42 Å². The largest absolute Gasteiger partial charge is 0.352 e. The Labute approximate surface area is 184 Å². The molecule has 3 rings (SSSR count). The van der Waals surface area contributed by atoms with Gasteiger partial charge in [-0.1, -0.05) is 55.5 Å². The third-order valence-electron chi connectivity index (χ3n) is 5.02. The Balaban J connectivity index is 1.65. The van der Waals surface area contributed by atoms with Gasteiger partial charge in [0.05, 0.1) is 29.1 Å². The van der Waals surface area contributed by atoms with E-state index in [1.54, 1.807) is 31.3 Å². The fourth-order valence-electron chi connectivity index (χ4n) is 3.29. The highest BCUT2D eigenvalue weighted by atomic mass is 32.2. The van der Waals surface area contributed by atoms with Crippen LogP contribution in [-0.2, 0) is 16.4 Å². The summed E-state index contributed by atoms with van der Waals surface area (Å²) in [5, 5.41) is 3.29. The number of rotatable bonds is 8. The third-order valence-corrected chi connectivity index (χ3v) is 6.85. The molecular weight excluding hydrogens is 410 g/mol. The molecular formula is C23H29N5O2S. The highest BCUT2D eigenvalue weighted by molar-refractivity contribution is 7.91. The Kier molecular flexibility index (Phi) is 7.46. The lowest BCUT2D eigenvalue weighted by Crippen LogP contribution is -2.46. The molecule has 2 N–H and O–H groups in total. The molecule has 0 aliphatic carbocycles. The molecule has 0 spiro atoms. The molecule has 164 valence electrons. The van der Waals surface area contributed by atoms with Crippen molar-refractivity contribution in [2.75, 3.05) is 19.8 Å². The Morgan fingerprint density at radius 1 is 1.13 bits per heavy atom. The summed E-state index contributed by atoms with van der Waals surface area (Å²) in [5.74, 6) is 1.42. The molecule has 1 atom stereocenters. The van der Waals surface area contributed by atoms with Crippen molar-refractivity contribution in [3.05, 3.63) is 72.7 Å². The minimum atomic E-state index is -3.39. The number of nitrogens with zero attached hydrogens (tertiary/aromatic N) is 3. The summed E-state index contributed by atoms with van der Waals surface area (Å²) in [4.78, 5) is 14.4. The van der Waals surface area contributed by atoms with Gasteiger partial charge in [-0.25, -0.2) is 13.4 Å². The number of aromatic amines is 1. The molecule has 3 aromatic rings. The van der Waals surface area contributed by atoms with Crippen LogP contribution in [0.5, 0.6) is 0 Å². The molecule has 1 heterocycles. The van der Waals surface area contributed by atoms with Crippen molar-refractivity contribution in [2.45, 2.75) is 30.8 Å². The monoisotopic (exact) mass is 439 g/mol. The van der Waals surface area contributed by atoms with Gasteiger partial charge in [0.15, 0.2) is 15.8 Å². The van der Waals surface area contributed by atoms with Crippen molar-refractivity contribution in [3.8, 4) is 11.3 Å². The maximum Gasteiger partial charge on any atom is 0.194 e. The van der Waals surface area contributed by atoms with E-state index in [-0.39, 0.29) is 11.8 Å². The van der Waals surface area contributed by atoms with E-state index < -0.39 is 9.84 Å². The van der Waals surface area contributed by atoms with E-state index in [1.165, 1.54) is 0 Å². The maximum atomic E-state index is 12.8. The lowest BCUT2D eigenvalue weighted by molar-refractivity contribution is 0.450. The molecule has 1 unspecified atom stereocenters. The van der Waals surface area contributed by atoms with E-state index in [2.05, 4.69) is 20.3 Å². The fraction of sp³-hybridized carbons (Fsp3) is 0.304. The number of H-pyrrole nitrogens is 1. The van der Waals surface area contributed by atoms with Gasteiger partial charge in [0.1, 0.15) is 5.82 Å². The number of aliphatic imine (C=N–C) groups is 1. The van der Waals surface area contributed by atoms with Crippen molar-refractivity contribution >= 4 is 15.8 Å². The second-order valence-electron chi connectivity index (χ2n) is 7.36. The highest BCUT2D eigenvalue weighted by Crippen LogP contribution is 2.17. The van der Waals surface area contributed by atoms with E-state index in [0.29, 0.717) is 23.8 Å². The molecule has 0 aliphatic rings. The Bertz CT molecular complexity index is 1100. The summed E-state index contributed by atoms with van der Waals surface area (Å²) >= 11 is 0. The molecule has 0 radical (unpaired) electrons. The van der Waals surface area contributed by atoms with Crippen molar-refractivity contribution in [1.82, 2.24) is 20.2 Å². The Morgan fingerprint density at radius 3 is 2.39 bits per heavy atom. The summed E-state index contributed by atoms with van der Waals surface area (Å²) in [6.07, 6.45) is 2.47. The lowest BCUT2D eigenvalue weighted by atomic mass is 10.2. The van der Waals surface area contributed by atoms with Gasteiger partial charge in [-0.3, -0.25) is 4.99 Å². The first-order chi connectivity index (χ1) is 14.9. The van der Waals surface area contributed by atoms with Crippen LogP contribution in [0.3, 0.4) is 0 Å². The summed E-state index contributed by atoms with van der Waals surface area (Å²) in [5.41, 5.74) is 2.02. The molecule has 0 fully saturated rings. The molecule has 0 saturated heterocycles. The number of hydrogen-bond donors (Lipinski definition) is 2. The van der Waals surface area contributed by atoms with Gasteiger partial charge in [0, 0.05) is 20.1 Å². The first-order valence-electron chi connectivity index (χ1n) is 10.2. The first-order valence-corrected chi connectivity index (χ1v) is 11.9. The smallest absolute Gasteiger partial charge is 0.194 e. The summed E-state index contributed by atoms with van der Waals surface area (Å²) < 4.78 is 25.5. The molecule has 0 bridgehead atoms. The molecule has 0 saturated carbocycles. The molecule has 0 amide bonds. The molecule has 7 nitrogen and oxygen atoms in total. The number of aromatic nitrogens is 2. The van der Waals surface area contributed by atoms with Gasteiger partial charge in [-0.15, -0.1) is 0 Å². The van der Waals surface area contributed by atoms with Crippen LogP contribution in [0.1, 0.15) is 19.2 Å². The van der Waals surface area contributed by atoms with Crippen LogP contribution in [0, 0.1) is 0 Å². The summed E-state index contributed by atoms with van der Waals surface area (Å²) in [6.45, 7) is 2.47. The van der Waals surface area contributed by atoms with Crippen LogP contribution in [-0.4, -0.2) is 55.1 Å². The standard InChI is InChI=1S/C23H29N5O2S/c1-4-19(17-31(29,30)20-13-9-6-10-14-20)26-23(24-2)28(3)16-22-25-15-21(27-22)18-11-7-5-8-12-18/h5-15,19H,4,16-17H2,1-3H3,(H,24,26)(H,25,27). The van der Waals surface area contributed by atoms with E-state index in [4.69, 9.17) is 0 Å². The van der Waals surface area contributed by atoms with Crippen LogP contribution >= 0.6 is 0 Å². The van der Waals surface area contributed by atoms with Gasteiger partial charge >= 0.3 is 0 Å². The predicted molar refractivity (Wildman–Crippen MR) is 125 cm³/mol. The minimum Gasteiger partial charge on any atom is -0.352 e. The van der Waals surface area contributed by atoms with E-state index >= 15 is 0 Å². The van der Waals surface area contributed by atoms with Crippen LogP contribution in [0.2, 0.25) is 0 Å². The van der Waals surface area contributed by atoms with Gasteiger partial charge in [0.25, 0.3) is 0 Å². The van der Waals surface area contributed by atoms with Crippen LogP contribution in [0.25, 0.3) is 11.3 Å². The zero-order chi connectivity index (χ0) is 22.3. The predicted octanol–water partition coefficient (Wildman–Crippen LogP) is 3.34. The maximum absolute atomic E-state index is 12.8. The quantitative estimate of drug-likeness (QED) is 0.415. The second-order valence-corrected chi connectivity index (χ2v) is 9.39. The molecule has 8 heteroatoms. The normalized spacial score (nSPS) is 13.1. The topological polar surface area (TPSA) is 90.4 Å². The zero-order valence-corrected chi connectivity index (χ0v) is 18.9. The fourth-order valence-corrected chi connectivity index (χ4v) is 4.90. The number of hydrogen-bond acceptors (Lipinski definition) is 4. The minimum absolute atomic E-state index is 0.000714. The highest BCUT2D eigenvalue weighted by Gasteiger charge is 2.22. The van der Waals surface area contributed by atoms with Crippen molar-refractivity contribution in [3.63, 3.8) is 0 Å². The average molecular weight is 440 g/mol. The van der Waals surface area contributed by atoms with E-state index in [0.717, 1.165) is 17.1 Å². The summed E-state index contributed by atoms with van der Waals surface area (Å²) in [7, 11) is 0.199. The first kappa shape index (κ1) is 22.6.